The van der Waals surface area contributed by atoms with Gasteiger partial charge in [-0.1, -0.05) is 24.3 Å². The van der Waals surface area contributed by atoms with E-state index in [4.69, 9.17) is 14.2 Å². The Balaban J connectivity index is 1.51. The number of carbonyl (C=O) groups is 4. The smallest absolute Gasteiger partial charge is 0.309 e. The number of para-hydroxylation sites is 1. The predicted molar refractivity (Wildman–Crippen MR) is 126 cm³/mol. The zero-order valence-corrected chi connectivity index (χ0v) is 19.6. The number of allylic oxidation sites excluding steroid dienone is 2. The van der Waals surface area contributed by atoms with E-state index in [1.54, 1.807) is 24.3 Å². The third-order valence-electron chi connectivity index (χ3n) is 7.81. The molecule has 2 atom stereocenters. The van der Waals surface area contributed by atoms with Crippen LogP contribution in [0, 0.1) is 11.8 Å². The summed E-state index contributed by atoms with van der Waals surface area (Å²) in [5.74, 6) is -0.513. The highest BCUT2D eigenvalue weighted by atomic mass is 16.5. The number of aldehydes is 2. The van der Waals surface area contributed by atoms with Crippen molar-refractivity contribution in [3.05, 3.63) is 53.6 Å². The van der Waals surface area contributed by atoms with Crippen molar-refractivity contribution in [2.75, 3.05) is 0 Å². The number of carbonyl (C=O) groups excluding carboxylic acids is 4. The van der Waals surface area contributed by atoms with Gasteiger partial charge in [-0.3, -0.25) is 19.2 Å². The number of benzene rings is 1. The van der Waals surface area contributed by atoms with E-state index in [0.29, 0.717) is 69.7 Å². The largest absolute Gasteiger partial charge is 0.467 e. The molecule has 0 amide bonds. The molecule has 1 aromatic rings. The van der Waals surface area contributed by atoms with Gasteiger partial charge in [0.05, 0.1) is 18.1 Å². The highest BCUT2D eigenvalue weighted by molar-refractivity contribution is 6.18. The maximum atomic E-state index is 14.0. The summed E-state index contributed by atoms with van der Waals surface area (Å²) in [5.41, 5.74) is -1.44. The molecule has 4 bridgehead atoms. The lowest BCUT2D eigenvalue weighted by Crippen LogP contribution is -2.51. The molecule has 7 aliphatic rings. The minimum Gasteiger partial charge on any atom is -0.467 e. The molecule has 2 saturated carbocycles. The Kier molecular flexibility index (Phi) is 6.69. The number of rotatable bonds is 5. The lowest BCUT2D eigenvalue weighted by molar-refractivity contribution is -0.163. The average molecular weight is 479 g/mol. The molecule has 6 fully saturated rings. The summed E-state index contributed by atoms with van der Waals surface area (Å²) >= 11 is 0. The monoisotopic (exact) mass is 478 g/mol. The Bertz CT molecular complexity index is 1040. The summed E-state index contributed by atoms with van der Waals surface area (Å²) in [4.78, 5) is 51.1. The molecule has 4 aliphatic heterocycles. The molecule has 8 rings (SSSR count). The van der Waals surface area contributed by atoms with Crippen LogP contribution in [0.15, 0.2) is 53.6 Å². The summed E-state index contributed by atoms with van der Waals surface area (Å²) in [6.07, 6.45) is 8.61. The number of hydrogen-bond acceptors (Lipinski definition) is 7. The quantitative estimate of drug-likeness (QED) is 0.362. The molecule has 4 saturated heterocycles. The third kappa shape index (κ3) is 4.61. The van der Waals surface area contributed by atoms with Gasteiger partial charge in [-0.2, -0.15) is 0 Å². The molecule has 2 unspecified atom stereocenters. The number of ketones is 1. The fraction of sp³-hybridized carbons (Fsp3) is 0.500. The van der Waals surface area contributed by atoms with E-state index in [-0.39, 0.29) is 41.2 Å². The zero-order chi connectivity index (χ0) is 24.4. The number of hydrogen-bond donors (Lipinski definition) is 0. The summed E-state index contributed by atoms with van der Waals surface area (Å²) in [6.45, 7) is 0. The summed E-state index contributed by atoms with van der Waals surface area (Å²) < 4.78 is 18.3. The van der Waals surface area contributed by atoms with Gasteiger partial charge in [-0.05, 0) is 75.5 Å². The van der Waals surface area contributed by atoms with E-state index in [1.807, 2.05) is 6.07 Å². The van der Waals surface area contributed by atoms with Crippen LogP contribution in [0.5, 0.6) is 5.75 Å². The van der Waals surface area contributed by atoms with Gasteiger partial charge in [-0.25, -0.2) is 0 Å². The molecule has 7 heteroatoms. The molecule has 7 nitrogen and oxygen atoms in total. The molecule has 0 N–H and O–H groups in total. The van der Waals surface area contributed by atoms with Gasteiger partial charge in [0.15, 0.2) is 12.6 Å². The molecule has 0 aromatic heterocycles. The van der Waals surface area contributed by atoms with Crippen molar-refractivity contribution < 1.29 is 33.4 Å². The van der Waals surface area contributed by atoms with E-state index >= 15 is 0 Å². The van der Waals surface area contributed by atoms with Crippen LogP contribution in [0.25, 0.3) is 0 Å². The number of esters is 1. The Labute approximate surface area is 204 Å². The fourth-order valence-electron chi connectivity index (χ4n) is 5.82. The van der Waals surface area contributed by atoms with Crippen molar-refractivity contribution in [2.45, 2.75) is 75.3 Å². The van der Waals surface area contributed by atoms with Crippen molar-refractivity contribution in [1.82, 2.24) is 0 Å². The molecule has 184 valence electrons. The highest BCUT2D eigenvalue weighted by Crippen LogP contribution is 2.41. The first-order valence-corrected chi connectivity index (χ1v) is 12.5. The first kappa shape index (κ1) is 23.7. The SMILES string of the molecule is O=CC1=C(C2OC3CCC(CC3)OC(=O)C3CCC2CC3)C(=O)C(C=O)(Oc2ccccc2)C=C1. The van der Waals surface area contributed by atoms with Crippen LogP contribution >= 0.6 is 0 Å². The van der Waals surface area contributed by atoms with Crippen molar-refractivity contribution in [3.8, 4) is 5.75 Å². The van der Waals surface area contributed by atoms with Crippen LogP contribution < -0.4 is 4.74 Å². The predicted octanol–water partition coefficient (Wildman–Crippen LogP) is 3.70. The molecule has 4 heterocycles. The Morgan fingerprint density at radius 3 is 2.23 bits per heavy atom. The molecule has 3 aliphatic carbocycles. The van der Waals surface area contributed by atoms with Gasteiger partial charge in [0.1, 0.15) is 11.9 Å². The van der Waals surface area contributed by atoms with Crippen molar-refractivity contribution in [3.63, 3.8) is 0 Å². The molecular formula is C28H30O7. The average Bonchev–Trinajstić information content (AvgIpc) is 2.89. The van der Waals surface area contributed by atoms with Gasteiger partial charge in [-0.15, -0.1) is 0 Å². The van der Waals surface area contributed by atoms with Crippen molar-refractivity contribution in [1.29, 1.82) is 0 Å². The fourth-order valence-corrected chi connectivity index (χ4v) is 5.82. The van der Waals surface area contributed by atoms with Gasteiger partial charge >= 0.3 is 5.97 Å². The topological polar surface area (TPSA) is 96.0 Å². The molecular weight excluding hydrogens is 448 g/mol. The Morgan fingerprint density at radius 2 is 1.57 bits per heavy atom. The van der Waals surface area contributed by atoms with Gasteiger partial charge in [0, 0.05) is 11.1 Å². The maximum absolute atomic E-state index is 14.0. The second-order valence-electron chi connectivity index (χ2n) is 9.98. The second-order valence-corrected chi connectivity index (χ2v) is 9.98. The van der Waals surface area contributed by atoms with E-state index in [0.717, 1.165) is 0 Å². The Hall–Kier alpha value is -3.06. The lowest BCUT2D eigenvalue weighted by atomic mass is 9.73. The molecule has 1 aromatic carbocycles. The van der Waals surface area contributed by atoms with Crippen molar-refractivity contribution in [2.24, 2.45) is 11.8 Å². The van der Waals surface area contributed by atoms with Crippen LogP contribution in [-0.4, -0.2) is 48.2 Å². The summed E-state index contributed by atoms with van der Waals surface area (Å²) in [6, 6.07) is 8.68. The minimum absolute atomic E-state index is 0.0577. The van der Waals surface area contributed by atoms with Crippen LogP contribution in [-0.2, 0) is 28.7 Å². The normalized spacial score (nSPS) is 35.1. The first-order chi connectivity index (χ1) is 17.0. The zero-order valence-electron chi connectivity index (χ0n) is 19.6. The van der Waals surface area contributed by atoms with E-state index in [2.05, 4.69) is 0 Å². The molecule has 0 radical (unpaired) electrons. The number of Topliss-reactive ketones (excluding diaryl/α,β-unsaturated/α-hetero) is 1. The molecule has 35 heavy (non-hydrogen) atoms. The van der Waals surface area contributed by atoms with E-state index in [1.165, 1.54) is 12.2 Å². The van der Waals surface area contributed by atoms with E-state index in [9.17, 15) is 19.2 Å². The Morgan fingerprint density at radius 1 is 0.886 bits per heavy atom. The van der Waals surface area contributed by atoms with Crippen LogP contribution in [0.1, 0.15) is 51.4 Å². The van der Waals surface area contributed by atoms with Crippen molar-refractivity contribution >= 4 is 24.3 Å². The highest BCUT2D eigenvalue weighted by Gasteiger charge is 2.48. The van der Waals surface area contributed by atoms with Gasteiger partial charge in [0.2, 0.25) is 11.4 Å². The minimum atomic E-state index is -1.87. The lowest BCUT2D eigenvalue weighted by Gasteiger charge is -2.41. The van der Waals surface area contributed by atoms with E-state index < -0.39 is 17.5 Å². The van der Waals surface area contributed by atoms with Crippen LogP contribution in [0.4, 0.5) is 0 Å². The van der Waals surface area contributed by atoms with Crippen LogP contribution in [0.2, 0.25) is 0 Å². The standard InChI is InChI=1S/C28H30O7/c29-16-20-14-15-28(17-30,35-23-4-2-1-3-5-23)26(31)24(20)25-18-6-8-19(9-7-18)27(32)34-22-12-10-21(33-25)11-13-22/h1-5,14-19,21-22,25H,6-13H2. The maximum Gasteiger partial charge on any atom is 0.309 e. The van der Waals surface area contributed by atoms with Gasteiger partial charge in [0.25, 0.3) is 0 Å². The second kappa shape index (κ2) is 9.90. The summed E-state index contributed by atoms with van der Waals surface area (Å²) in [7, 11) is 0. The first-order valence-electron chi connectivity index (χ1n) is 12.5. The summed E-state index contributed by atoms with van der Waals surface area (Å²) in [5, 5.41) is 0. The number of ether oxygens (including phenoxy) is 3. The third-order valence-corrected chi connectivity index (χ3v) is 7.81. The van der Waals surface area contributed by atoms with Crippen LogP contribution in [0.3, 0.4) is 0 Å². The van der Waals surface area contributed by atoms with Gasteiger partial charge < -0.3 is 14.2 Å². The molecule has 0 spiro atoms.